The van der Waals surface area contributed by atoms with Gasteiger partial charge in [-0.25, -0.2) is 14.6 Å². The fraction of sp³-hybridized carbons (Fsp3) is 0.167. The number of hydrogen-bond acceptors (Lipinski definition) is 4. The maximum atomic E-state index is 4.65. The third kappa shape index (κ3) is 2.43. The molecule has 0 saturated heterocycles. The van der Waals surface area contributed by atoms with Crippen LogP contribution >= 0.6 is 11.3 Å². The Morgan fingerprint density at radius 1 is 0.957 bits per heavy atom. The van der Waals surface area contributed by atoms with Crippen molar-refractivity contribution in [2.75, 3.05) is 0 Å². The number of aryl methyl sites for hydroxylation is 3. The summed E-state index contributed by atoms with van der Waals surface area (Å²) in [5.41, 5.74) is 3.27. The molecule has 4 rings (SSSR count). The SMILES string of the molecule is Cc1cc(C)n(-c2nc(C)nc3sc(-c4ccccc4)cc23)n1. The normalized spacial score (nSPS) is 11.3. The zero-order valence-electron chi connectivity index (χ0n) is 13.2. The molecular formula is C18H16N4S. The summed E-state index contributed by atoms with van der Waals surface area (Å²) in [6.07, 6.45) is 0. The van der Waals surface area contributed by atoms with Crippen molar-refractivity contribution >= 4 is 21.6 Å². The molecule has 114 valence electrons. The minimum Gasteiger partial charge on any atom is -0.222 e. The van der Waals surface area contributed by atoms with Crippen LogP contribution in [-0.4, -0.2) is 19.7 Å². The first-order chi connectivity index (χ1) is 11.1. The number of nitrogens with zero attached hydrogens (tertiary/aromatic N) is 4. The lowest BCUT2D eigenvalue weighted by Crippen LogP contribution is -2.04. The first kappa shape index (κ1) is 14.1. The second-order valence-corrected chi connectivity index (χ2v) is 6.66. The predicted molar refractivity (Wildman–Crippen MR) is 94.2 cm³/mol. The Morgan fingerprint density at radius 2 is 1.74 bits per heavy atom. The van der Waals surface area contributed by atoms with Gasteiger partial charge in [0.25, 0.3) is 0 Å². The first-order valence-corrected chi connectivity index (χ1v) is 8.31. The summed E-state index contributed by atoms with van der Waals surface area (Å²) in [4.78, 5) is 11.5. The summed E-state index contributed by atoms with van der Waals surface area (Å²) >= 11 is 1.69. The van der Waals surface area contributed by atoms with Crippen LogP contribution in [0.15, 0.2) is 42.5 Å². The van der Waals surface area contributed by atoms with Crippen molar-refractivity contribution in [2.45, 2.75) is 20.8 Å². The number of fused-ring (bicyclic) bond motifs is 1. The summed E-state index contributed by atoms with van der Waals surface area (Å²) in [6, 6.07) is 14.6. The van der Waals surface area contributed by atoms with Crippen LogP contribution < -0.4 is 0 Å². The largest absolute Gasteiger partial charge is 0.222 e. The molecule has 4 aromatic rings. The number of aromatic nitrogens is 4. The van der Waals surface area contributed by atoms with Crippen LogP contribution in [0, 0.1) is 20.8 Å². The van der Waals surface area contributed by atoms with E-state index < -0.39 is 0 Å². The molecule has 3 aromatic heterocycles. The average molecular weight is 320 g/mol. The summed E-state index contributed by atoms with van der Waals surface area (Å²) < 4.78 is 1.91. The van der Waals surface area contributed by atoms with Gasteiger partial charge in [-0.2, -0.15) is 5.10 Å². The van der Waals surface area contributed by atoms with E-state index in [2.05, 4.69) is 51.5 Å². The standard InChI is InChI=1S/C18H16N4S/c1-11-9-12(2)22(21-11)17-15-10-16(14-7-5-4-6-8-14)23-18(15)20-13(3)19-17/h4-10H,1-3H3. The molecule has 0 atom stereocenters. The van der Waals surface area contributed by atoms with Crippen molar-refractivity contribution in [1.29, 1.82) is 0 Å². The molecule has 0 aliphatic rings. The van der Waals surface area contributed by atoms with Crippen LogP contribution in [0.3, 0.4) is 0 Å². The molecule has 0 spiro atoms. The zero-order chi connectivity index (χ0) is 16.0. The second-order valence-electron chi connectivity index (χ2n) is 5.63. The van der Waals surface area contributed by atoms with E-state index in [0.29, 0.717) is 0 Å². The van der Waals surface area contributed by atoms with Gasteiger partial charge in [-0.1, -0.05) is 30.3 Å². The molecule has 23 heavy (non-hydrogen) atoms. The average Bonchev–Trinajstić information content (AvgIpc) is 3.10. The van der Waals surface area contributed by atoms with Gasteiger partial charge in [0.1, 0.15) is 10.7 Å². The molecule has 0 saturated carbocycles. The van der Waals surface area contributed by atoms with E-state index in [-0.39, 0.29) is 0 Å². The van der Waals surface area contributed by atoms with Gasteiger partial charge in [-0.15, -0.1) is 11.3 Å². The number of thiophene rings is 1. The van der Waals surface area contributed by atoms with E-state index in [4.69, 9.17) is 0 Å². The molecular weight excluding hydrogens is 304 g/mol. The maximum Gasteiger partial charge on any atom is 0.166 e. The fourth-order valence-corrected chi connectivity index (χ4v) is 3.84. The Labute approximate surface area is 138 Å². The van der Waals surface area contributed by atoms with Crippen molar-refractivity contribution in [2.24, 2.45) is 0 Å². The van der Waals surface area contributed by atoms with Crippen LogP contribution in [0.5, 0.6) is 0 Å². The van der Waals surface area contributed by atoms with Gasteiger partial charge >= 0.3 is 0 Å². The van der Waals surface area contributed by atoms with Gasteiger partial charge in [-0.3, -0.25) is 0 Å². The summed E-state index contributed by atoms with van der Waals surface area (Å²) in [5.74, 6) is 1.62. The molecule has 0 bridgehead atoms. The summed E-state index contributed by atoms with van der Waals surface area (Å²) in [7, 11) is 0. The van der Waals surface area contributed by atoms with E-state index in [1.807, 2.05) is 31.5 Å². The molecule has 3 heterocycles. The predicted octanol–water partition coefficient (Wildman–Crippen LogP) is 4.47. The van der Waals surface area contributed by atoms with Crippen LogP contribution in [-0.2, 0) is 0 Å². The second kappa shape index (κ2) is 5.28. The molecule has 0 aliphatic heterocycles. The molecule has 0 amide bonds. The van der Waals surface area contributed by atoms with Crippen LogP contribution in [0.2, 0.25) is 0 Å². The van der Waals surface area contributed by atoms with Crippen LogP contribution in [0.1, 0.15) is 17.2 Å². The lowest BCUT2D eigenvalue weighted by atomic mass is 10.2. The molecule has 4 nitrogen and oxygen atoms in total. The Morgan fingerprint density at radius 3 is 2.43 bits per heavy atom. The lowest BCUT2D eigenvalue weighted by Gasteiger charge is -2.05. The Balaban J connectivity index is 1.98. The highest BCUT2D eigenvalue weighted by Gasteiger charge is 2.15. The van der Waals surface area contributed by atoms with Crippen molar-refractivity contribution in [3.63, 3.8) is 0 Å². The Kier molecular flexibility index (Phi) is 3.23. The van der Waals surface area contributed by atoms with E-state index in [1.165, 1.54) is 10.4 Å². The highest BCUT2D eigenvalue weighted by atomic mass is 32.1. The van der Waals surface area contributed by atoms with E-state index in [0.717, 1.165) is 33.2 Å². The molecule has 0 fully saturated rings. The highest BCUT2D eigenvalue weighted by Crippen LogP contribution is 2.34. The highest BCUT2D eigenvalue weighted by molar-refractivity contribution is 7.21. The lowest BCUT2D eigenvalue weighted by molar-refractivity contribution is 0.804. The van der Waals surface area contributed by atoms with Gasteiger partial charge in [0.2, 0.25) is 0 Å². The maximum absolute atomic E-state index is 4.65. The fourth-order valence-electron chi connectivity index (χ4n) is 2.76. The van der Waals surface area contributed by atoms with Crippen LogP contribution in [0.4, 0.5) is 0 Å². The molecule has 0 radical (unpaired) electrons. The minimum atomic E-state index is 0.765. The first-order valence-electron chi connectivity index (χ1n) is 7.49. The minimum absolute atomic E-state index is 0.765. The van der Waals surface area contributed by atoms with Crippen molar-refractivity contribution in [1.82, 2.24) is 19.7 Å². The summed E-state index contributed by atoms with van der Waals surface area (Å²) in [5, 5.41) is 5.63. The number of benzene rings is 1. The number of rotatable bonds is 2. The molecule has 0 aliphatic carbocycles. The third-order valence-corrected chi connectivity index (χ3v) is 4.83. The molecule has 0 N–H and O–H groups in total. The Hall–Kier alpha value is -2.53. The quantitative estimate of drug-likeness (QED) is 0.547. The van der Waals surface area contributed by atoms with E-state index in [1.54, 1.807) is 11.3 Å². The van der Waals surface area contributed by atoms with Gasteiger partial charge in [0.15, 0.2) is 5.82 Å². The zero-order valence-corrected chi connectivity index (χ0v) is 14.1. The van der Waals surface area contributed by atoms with E-state index in [9.17, 15) is 0 Å². The monoisotopic (exact) mass is 320 g/mol. The molecule has 5 heteroatoms. The Bertz CT molecular complexity index is 999. The molecule has 1 aromatic carbocycles. The third-order valence-electron chi connectivity index (χ3n) is 3.75. The van der Waals surface area contributed by atoms with Crippen molar-refractivity contribution in [3.8, 4) is 16.3 Å². The van der Waals surface area contributed by atoms with Gasteiger partial charge in [-0.05, 0) is 38.5 Å². The van der Waals surface area contributed by atoms with Gasteiger partial charge < -0.3 is 0 Å². The van der Waals surface area contributed by atoms with Gasteiger partial charge in [0.05, 0.1) is 11.1 Å². The smallest absolute Gasteiger partial charge is 0.166 e. The number of hydrogen-bond donors (Lipinski definition) is 0. The van der Waals surface area contributed by atoms with Crippen LogP contribution in [0.25, 0.3) is 26.5 Å². The summed E-state index contributed by atoms with van der Waals surface area (Å²) in [6.45, 7) is 5.97. The molecule has 0 unspecified atom stereocenters. The van der Waals surface area contributed by atoms with Crippen molar-refractivity contribution in [3.05, 3.63) is 59.7 Å². The topological polar surface area (TPSA) is 43.6 Å². The van der Waals surface area contributed by atoms with E-state index >= 15 is 0 Å². The van der Waals surface area contributed by atoms with Crippen molar-refractivity contribution < 1.29 is 0 Å². The van der Waals surface area contributed by atoms with Gasteiger partial charge in [0, 0.05) is 10.6 Å².